The van der Waals surface area contributed by atoms with E-state index in [0.717, 1.165) is 38.7 Å². The van der Waals surface area contributed by atoms with Crippen molar-refractivity contribution in [1.82, 2.24) is 19.5 Å². The Hall–Kier alpha value is -5.48. The van der Waals surface area contributed by atoms with Crippen LogP contribution in [-0.2, 0) is 0 Å². The Morgan fingerprint density at radius 1 is 0.475 bits per heavy atom. The van der Waals surface area contributed by atoms with Crippen LogP contribution >= 0.6 is 0 Å². The molecular formula is C36H22N4. The fourth-order valence-electron chi connectivity index (χ4n) is 6.39. The van der Waals surface area contributed by atoms with Gasteiger partial charge in [-0.2, -0.15) is 0 Å². The van der Waals surface area contributed by atoms with Gasteiger partial charge in [-0.3, -0.25) is 4.57 Å². The molecule has 3 aromatic heterocycles. The first-order valence-corrected chi connectivity index (χ1v) is 13.5. The molecule has 0 amide bonds. The molecule has 0 atom stereocenters. The third-order valence-corrected chi connectivity index (χ3v) is 8.15. The van der Waals surface area contributed by atoms with Gasteiger partial charge >= 0.3 is 0 Å². The zero-order chi connectivity index (χ0) is 26.2. The highest BCUT2D eigenvalue weighted by atomic mass is 15.2. The van der Waals surface area contributed by atoms with E-state index in [9.17, 15) is 0 Å². The number of hydrogen-bond donors (Lipinski definition) is 1. The molecule has 40 heavy (non-hydrogen) atoms. The lowest BCUT2D eigenvalue weighted by molar-refractivity contribution is 1.01. The van der Waals surface area contributed by atoms with E-state index in [1.807, 2.05) is 12.1 Å². The average molecular weight is 511 g/mol. The van der Waals surface area contributed by atoms with Gasteiger partial charge in [-0.05, 0) is 29.7 Å². The van der Waals surface area contributed by atoms with E-state index in [0.29, 0.717) is 5.95 Å². The van der Waals surface area contributed by atoms with Crippen LogP contribution in [0.25, 0.3) is 82.5 Å². The second-order valence-electron chi connectivity index (χ2n) is 10.3. The summed E-state index contributed by atoms with van der Waals surface area (Å²) >= 11 is 0. The van der Waals surface area contributed by atoms with Gasteiger partial charge in [0.2, 0.25) is 5.95 Å². The maximum Gasteiger partial charge on any atom is 0.235 e. The number of aromatic amines is 1. The van der Waals surface area contributed by atoms with Crippen molar-refractivity contribution in [2.75, 3.05) is 0 Å². The van der Waals surface area contributed by atoms with Crippen LogP contribution in [-0.4, -0.2) is 19.5 Å². The molecule has 4 heteroatoms. The second-order valence-corrected chi connectivity index (χ2v) is 10.3. The summed E-state index contributed by atoms with van der Waals surface area (Å²) in [5.74, 6) is 0.676. The molecule has 9 rings (SSSR count). The Morgan fingerprint density at radius 3 is 2.05 bits per heavy atom. The van der Waals surface area contributed by atoms with Crippen molar-refractivity contribution in [2.24, 2.45) is 0 Å². The molecule has 0 radical (unpaired) electrons. The summed E-state index contributed by atoms with van der Waals surface area (Å²) in [6.07, 6.45) is 0. The fourth-order valence-corrected chi connectivity index (χ4v) is 6.39. The first kappa shape index (κ1) is 21.5. The van der Waals surface area contributed by atoms with Gasteiger partial charge in [-0.15, -0.1) is 0 Å². The molecule has 3 heterocycles. The van der Waals surface area contributed by atoms with Gasteiger partial charge in [0.25, 0.3) is 0 Å². The zero-order valence-corrected chi connectivity index (χ0v) is 21.5. The summed E-state index contributed by atoms with van der Waals surface area (Å²) in [5.41, 5.74) is 7.46. The van der Waals surface area contributed by atoms with Gasteiger partial charge in [-0.25, -0.2) is 9.97 Å². The maximum atomic E-state index is 5.22. The Balaban J connectivity index is 1.41. The zero-order valence-electron chi connectivity index (χ0n) is 21.5. The Kier molecular flexibility index (Phi) is 4.30. The monoisotopic (exact) mass is 510 g/mol. The van der Waals surface area contributed by atoms with Crippen molar-refractivity contribution in [3.63, 3.8) is 0 Å². The highest BCUT2D eigenvalue weighted by Crippen LogP contribution is 2.40. The van der Waals surface area contributed by atoms with E-state index >= 15 is 0 Å². The molecule has 0 aliphatic heterocycles. The van der Waals surface area contributed by atoms with Crippen LogP contribution in [0.2, 0.25) is 0 Å². The van der Waals surface area contributed by atoms with Crippen LogP contribution in [0.15, 0.2) is 127 Å². The van der Waals surface area contributed by atoms with Crippen molar-refractivity contribution in [3.05, 3.63) is 127 Å². The van der Waals surface area contributed by atoms with Crippen LogP contribution < -0.4 is 0 Å². The van der Waals surface area contributed by atoms with Crippen molar-refractivity contribution >= 4 is 65.3 Å². The minimum Gasteiger partial charge on any atom is -0.354 e. The smallest absolute Gasteiger partial charge is 0.235 e. The lowest BCUT2D eigenvalue weighted by Crippen LogP contribution is -2.03. The normalized spacial score (nSPS) is 12.0. The van der Waals surface area contributed by atoms with Crippen molar-refractivity contribution in [2.45, 2.75) is 0 Å². The number of benzene rings is 6. The third-order valence-electron chi connectivity index (χ3n) is 8.15. The summed E-state index contributed by atoms with van der Waals surface area (Å²) < 4.78 is 2.22. The first-order valence-electron chi connectivity index (χ1n) is 13.5. The van der Waals surface area contributed by atoms with Gasteiger partial charge in [0.1, 0.15) is 0 Å². The number of hydrogen-bond acceptors (Lipinski definition) is 2. The SMILES string of the molecule is c1ccc(-c2nc(-n3c4ccccc4c4c5ccc6c7ccccc7[nH]c6c5ccc43)nc3ccccc23)cc1. The largest absolute Gasteiger partial charge is 0.354 e. The van der Waals surface area contributed by atoms with Crippen LogP contribution in [0.5, 0.6) is 0 Å². The van der Waals surface area contributed by atoms with Gasteiger partial charge in [-0.1, -0.05) is 103 Å². The number of nitrogens with zero attached hydrogens (tertiary/aromatic N) is 3. The van der Waals surface area contributed by atoms with E-state index < -0.39 is 0 Å². The average Bonchev–Trinajstić information content (AvgIpc) is 3.57. The Morgan fingerprint density at radius 2 is 1.15 bits per heavy atom. The minimum atomic E-state index is 0.676. The van der Waals surface area contributed by atoms with Crippen LogP contribution in [0.1, 0.15) is 0 Å². The van der Waals surface area contributed by atoms with E-state index in [-0.39, 0.29) is 0 Å². The summed E-state index contributed by atoms with van der Waals surface area (Å²) in [6, 6.07) is 44.7. The number of nitrogens with one attached hydrogen (secondary N) is 1. The molecule has 186 valence electrons. The van der Waals surface area contributed by atoms with Crippen molar-refractivity contribution in [1.29, 1.82) is 0 Å². The Bertz CT molecular complexity index is 2430. The van der Waals surface area contributed by atoms with Gasteiger partial charge in [0, 0.05) is 43.4 Å². The molecular weight excluding hydrogens is 488 g/mol. The van der Waals surface area contributed by atoms with Gasteiger partial charge < -0.3 is 4.98 Å². The molecule has 0 saturated carbocycles. The van der Waals surface area contributed by atoms with E-state index in [1.165, 1.54) is 37.8 Å². The van der Waals surface area contributed by atoms with E-state index in [2.05, 4.69) is 125 Å². The van der Waals surface area contributed by atoms with Crippen LogP contribution in [0.3, 0.4) is 0 Å². The number of para-hydroxylation sites is 3. The fraction of sp³-hybridized carbons (Fsp3) is 0. The van der Waals surface area contributed by atoms with Gasteiger partial charge in [0.15, 0.2) is 0 Å². The molecule has 4 nitrogen and oxygen atoms in total. The Labute approximate surface area is 229 Å². The predicted octanol–water partition coefficient (Wildman–Crippen LogP) is 9.18. The molecule has 0 bridgehead atoms. The lowest BCUT2D eigenvalue weighted by atomic mass is 10.0. The number of rotatable bonds is 2. The first-order chi connectivity index (χ1) is 19.8. The van der Waals surface area contributed by atoms with Crippen molar-refractivity contribution < 1.29 is 0 Å². The van der Waals surface area contributed by atoms with Crippen LogP contribution in [0, 0.1) is 0 Å². The molecule has 0 unspecified atom stereocenters. The van der Waals surface area contributed by atoms with Crippen LogP contribution in [0.4, 0.5) is 0 Å². The highest BCUT2D eigenvalue weighted by Gasteiger charge is 2.19. The summed E-state index contributed by atoms with van der Waals surface area (Å²) in [6.45, 7) is 0. The van der Waals surface area contributed by atoms with E-state index in [1.54, 1.807) is 0 Å². The van der Waals surface area contributed by atoms with E-state index in [4.69, 9.17) is 9.97 Å². The standard InChI is InChI=1S/C36H22N4/c1-2-10-22(11-3-1)34-27-13-5-8-16-30(27)38-36(39-34)40-31-17-9-6-14-28(31)33-24-18-19-25-23-12-4-7-15-29(23)37-35(25)26(24)20-21-32(33)40/h1-21,37H. The number of fused-ring (bicyclic) bond motifs is 10. The molecule has 0 aliphatic rings. The topological polar surface area (TPSA) is 46.5 Å². The summed E-state index contributed by atoms with van der Waals surface area (Å²) in [5, 5.41) is 8.38. The highest BCUT2D eigenvalue weighted by molar-refractivity contribution is 6.27. The molecule has 0 aliphatic carbocycles. The number of aromatic nitrogens is 4. The molecule has 0 spiro atoms. The molecule has 0 fully saturated rings. The third kappa shape index (κ3) is 2.90. The lowest BCUT2D eigenvalue weighted by Gasteiger charge is -2.12. The predicted molar refractivity (Wildman–Crippen MR) is 166 cm³/mol. The quantitative estimate of drug-likeness (QED) is 0.252. The van der Waals surface area contributed by atoms with Gasteiger partial charge in [0.05, 0.1) is 27.8 Å². The molecule has 6 aromatic carbocycles. The number of H-pyrrole nitrogens is 1. The summed E-state index contributed by atoms with van der Waals surface area (Å²) in [7, 11) is 0. The minimum absolute atomic E-state index is 0.676. The molecule has 1 N–H and O–H groups in total. The second kappa shape index (κ2) is 8.01. The molecule has 0 saturated heterocycles. The maximum absolute atomic E-state index is 5.22. The molecule has 9 aromatic rings. The summed E-state index contributed by atoms with van der Waals surface area (Å²) in [4.78, 5) is 14.0. The van der Waals surface area contributed by atoms with Crippen molar-refractivity contribution in [3.8, 4) is 17.2 Å².